The van der Waals surface area contributed by atoms with Gasteiger partial charge >= 0.3 is 5.97 Å². The molecule has 4 nitrogen and oxygen atoms in total. The van der Waals surface area contributed by atoms with Crippen LogP contribution in [0.2, 0.25) is 0 Å². The van der Waals surface area contributed by atoms with Crippen LogP contribution in [-0.4, -0.2) is 21.3 Å². The summed E-state index contributed by atoms with van der Waals surface area (Å²) in [4.78, 5) is 10.5. The van der Waals surface area contributed by atoms with E-state index >= 15 is 0 Å². The van der Waals surface area contributed by atoms with E-state index in [0.29, 0.717) is 0 Å². The zero-order valence-electron chi connectivity index (χ0n) is 9.94. The fourth-order valence-corrected chi connectivity index (χ4v) is 1.75. The summed E-state index contributed by atoms with van der Waals surface area (Å²) >= 11 is 0. The van der Waals surface area contributed by atoms with Crippen molar-refractivity contribution in [3.05, 3.63) is 23.3 Å². The summed E-state index contributed by atoms with van der Waals surface area (Å²) in [6.07, 6.45) is 3.61. The molecule has 0 aliphatic heterocycles. The second-order valence-corrected chi connectivity index (χ2v) is 4.14. The molecule has 0 spiro atoms. The Kier molecular flexibility index (Phi) is 4.82. The first-order valence-corrected chi connectivity index (χ1v) is 5.80. The summed E-state index contributed by atoms with van der Waals surface area (Å²) < 4.78 is 0. The number of aliphatic carboxylic acids is 1. The maximum absolute atomic E-state index is 10.5. The molecule has 4 heteroatoms. The standard InChI is InChI=1S/C13H18O4/c1-2-3-4-5-9-6-11(14)10(8-13(16)17)12(15)7-9/h6-7,14-15H,2-5,8H2,1H3,(H,16,17). The first-order chi connectivity index (χ1) is 8.04. The van der Waals surface area contributed by atoms with Crippen molar-refractivity contribution in [3.63, 3.8) is 0 Å². The summed E-state index contributed by atoms with van der Waals surface area (Å²) in [6.45, 7) is 2.10. The van der Waals surface area contributed by atoms with Crippen LogP contribution in [0.3, 0.4) is 0 Å². The van der Waals surface area contributed by atoms with E-state index in [-0.39, 0.29) is 23.5 Å². The summed E-state index contributed by atoms with van der Waals surface area (Å²) in [6, 6.07) is 3.07. The molecule has 3 N–H and O–H groups in total. The minimum Gasteiger partial charge on any atom is -0.508 e. The number of phenols is 2. The van der Waals surface area contributed by atoms with Crippen LogP contribution in [0.4, 0.5) is 0 Å². The number of carboxylic acid groups (broad SMARTS) is 1. The minimum atomic E-state index is -1.07. The molecule has 0 aromatic heterocycles. The molecule has 1 aromatic rings. The quantitative estimate of drug-likeness (QED) is 0.665. The number of aryl methyl sites for hydroxylation is 1. The van der Waals surface area contributed by atoms with Crippen molar-refractivity contribution in [1.82, 2.24) is 0 Å². The molecule has 0 bridgehead atoms. The van der Waals surface area contributed by atoms with Crippen LogP contribution in [0.5, 0.6) is 11.5 Å². The lowest BCUT2D eigenvalue weighted by Gasteiger charge is -2.08. The van der Waals surface area contributed by atoms with Gasteiger partial charge in [-0.2, -0.15) is 0 Å². The smallest absolute Gasteiger partial charge is 0.308 e. The van der Waals surface area contributed by atoms with Crippen molar-refractivity contribution < 1.29 is 20.1 Å². The van der Waals surface area contributed by atoms with Gasteiger partial charge in [0.1, 0.15) is 11.5 Å². The molecule has 0 aliphatic carbocycles. The molecule has 94 valence electrons. The van der Waals surface area contributed by atoms with Crippen LogP contribution in [0, 0.1) is 0 Å². The van der Waals surface area contributed by atoms with Crippen molar-refractivity contribution in [2.45, 2.75) is 39.0 Å². The van der Waals surface area contributed by atoms with Gasteiger partial charge in [-0.25, -0.2) is 0 Å². The number of hydrogen-bond donors (Lipinski definition) is 3. The van der Waals surface area contributed by atoms with Gasteiger partial charge in [0.15, 0.2) is 0 Å². The Labute approximate surface area is 101 Å². The van der Waals surface area contributed by atoms with E-state index in [4.69, 9.17) is 5.11 Å². The molecule has 0 amide bonds. The maximum Gasteiger partial charge on any atom is 0.308 e. The van der Waals surface area contributed by atoms with E-state index in [9.17, 15) is 15.0 Å². The predicted octanol–water partition coefficient (Wildman–Crippen LogP) is 2.46. The topological polar surface area (TPSA) is 77.8 Å². The molecule has 0 atom stereocenters. The summed E-state index contributed by atoms with van der Waals surface area (Å²) in [7, 11) is 0. The molecular weight excluding hydrogens is 220 g/mol. The highest BCUT2D eigenvalue weighted by Gasteiger charge is 2.12. The number of aromatic hydroxyl groups is 2. The van der Waals surface area contributed by atoms with E-state index in [1.165, 1.54) is 12.1 Å². The predicted molar refractivity (Wildman–Crippen MR) is 64.3 cm³/mol. The van der Waals surface area contributed by atoms with Crippen LogP contribution < -0.4 is 0 Å². The third kappa shape index (κ3) is 3.98. The minimum absolute atomic E-state index is 0.0803. The fourth-order valence-electron chi connectivity index (χ4n) is 1.75. The van der Waals surface area contributed by atoms with Crippen LogP contribution >= 0.6 is 0 Å². The summed E-state index contributed by atoms with van der Waals surface area (Å²) in [5.74, 6) is -1.35. The second kappa shape index (κ2) is 6.13. The number of carboxylic acids is 1. The van der Waals surface area contributed by atoms with Gasteiger partial charge in [0.25, 0.3) is 0 Å². The molecule has 0 unspecified atom stereocenters. The van der Waals surface area contributed by atoms with Crippen LogP contribution in [0.15, 0.2) is 12.1 Å². The normalized spacial score (nSPS) is 10.4. The lowest BCUT2D eigenvalue weighted by Crippen LogP contribution is -2.01. The van der Waals surface area contributed by atoms with E-state index in [2.05, 4.69) is 6.92 Å². The van der Waals surface area contributed by atoms with Crippen molar-refractivity contribution in [3.8, 4) is 11.5 Å². The lowest BCUT2D eigenvalue weighted by molar-refractivity contribution is -0.136. The first kappa shape index (κ1) is 13.4. The third-order valence-corrected chi connectivity index (χ3v) is 2.66. The Hall–Kier alpha value is -1.71. The number of benzene rings is 1. The number of unbranched alkanes of at least 4 members (excludes halogenated alkanes) is 2. The number of rotatable bonds is 6. The Balaban J connectivity index is 2.81. The van der Waals surface area contributed by atoms with Gasteiger partial charge in [-0.1, -0.05) is 19.8 Å². The van der Waals surface area contributed by atoms with E-state index < -0.39 is 5.97 Å². The van der Waals surface area contributed by atoms with Gasteiger partial charge in [-0.05, 0) is 30.5 Å². The third-order valence-electron chi connectivity index (χ3n) is 2.66. The highest BCUT2D eigenvalue weighted by Crippen LogP contribution is 2.30. The zero-order valence-corrected chi connectivity index (χ0v) is 9.94. The van der Waals surface area contributed by atoms with Crippen molar-refractivity contribution in [2.75, 3.05) is 0 Å². The molecule has 0 saturated carbocycles. The monoisotopic (exact) mass is 238 g/mol. The van der Waals surface area contributed by atoms with Crippen molar-refractivity contribution in [1.29, 1.82) is 0 Å². The Morgan fingerprint density at radius 1 is 1.18 bits per heavy atom. The Morgan fingerprint density at radius 3 is 2.24 bits per heavy atom. The molecule has 17 heavy (non-hydrogen) atoms. The average Bonchev–Trinajstić information content (AvgIpc) is 2.24. The number of hydrogen-bond acceptors (Lipinski definition) is 3. The molecule has 0 radical (unpaired) electrons. The summed E-state index contributed by atoms with van der Waals surface area (Å²) in [5, 5.41) is 27.9. The van der Waals surface area contributed by atoms with Crippen molar-refractivity contribution in [2.24, 2.45) is 0 Å². The molecule has 1 rings (SSSR count). The van der Waals surface area contributed by atoms with Gasteiger partial charge in [0.2, 0.25) is 0 Å². The van der Waals surface area contributed by atoms with E-state index in [1.54, 1.807) is 0 Å². The van der Waals surface area contributed by atoms with E-state index in [1.807, 2.05) is 0 Å². The summed E-state index contributed by atoms with van der Waals surface area (Å²) in [5.41, 5.74) is 0.916. The largest absolute Gasteiger partial charge is 0.508 e. The Bertz CT molecular complexity index is 375. The van der Waals surface area contributed by atoms with Gasteiger partial charge in [-0.3, -0.25) is 4.79 Å². The maximum atomic E-state index is 10.5. The number of carbonyl (C=O) groups is 1. The first-order valence-electron chi connectivity index (χ1n) is 5.80. The van der Waals surface area contributed by atoms with Gasteiger partial charge in [-0.15, -0.1) is 0 Å². The second-order valence-electron chi connectivity index (χ2n) is 4.14. The molecule has 0 fully saturated rings. The van der Waals surface area contributed by atoms with E-state index in [0.717, 1.165) is 31.2 Å². The SMILES string of the molecule is CCCCCc1cc(O)c(CC(=O)O)c(O)c1. The molecule has 0 heterocycles. The molecular formula is C13H18O4. The highest BCUT2D eigenvalue weighted by atomic mass is 16.4. The average molecular weight is 238 g/mol. The van der Waals surface area contributed by atoms with Crippen LogP contribution in [0.1, 0.15) is 37.3 Å². The Morgan fingerprint density at radius 2 is 1.76 bits per heavy atom. The van der Waals surface area contributed by atoms with Crippen LogP contribution in [0.25, 0.3) is 0 Å². The van der Waals surface area contributed by atoms with Crippen LogP contribution in [-0.2, 0) is 17.6 Å². The highest BCUT2D eigenvalue weighted by molar-refractivity contribution is 5.72. The van der Waals surface area contributed by atoms with Crippen molar-refractivity contribution >= 4 is 5.97 Å². The zero-order chi connectivity index (χ0) is 12.8. The lowest BCUT2D eigenvalue weighted by atomic mass is 10.0. The molecule has 1 aromatic carbocycles. The number of phenolic OH excluding ortho intramolecular Hbond substituents is 2. The van der Waals surface area contributed by atoms with Gasteiger partial charge in [0.05, 0.1) is 6.42 Å². The molecule has 0 aliphatic rings. The molecule has 0 saturated heterocycles. The van der Waals surface area contributed by atoms with Gasteiger partial charge < -0.3 is 15.3 Å². The van der Waals surface area contributed by atoms with Gasteiger partial charge in [0, 0.05) is 5.56 Å². The fraction of sp³-hybridized carbons (Fsp3) is 0.462.